The summed E-state index contributed by atoms with van der Waals surface area (Å²) in [5.74, 6) is -3.17. The molecule has 0 amide bonds. The molecule has 0 aromatic heterocycles. The van der Waals surface area contributed by atoms with E-state index in [1.165, 1.54) is 173 Å². The number of carboxylic acid groups (broad SMARTS) is 3. The molecule has 0 atom stereocenters. The van der Waals surface area contributed by atoms with Crippen LogP contribution in [0.25, 0.3) is 0 Å². The van der Waals surface area contributed by atoms with E-state index in [2.05, 4.69) is 20.8 Å². The molecule has 0 bridgehead atoms. The molecule has 0 radical (unpaired) electrons. The zero-order valence-electron chi connectivity index (χ0n) is 40.8. The summed E-state index contributed by atoms with van der Waals surface area (Å²) in [4.78, 5) is 33.0. The van der Waals surface area contributed by atoms with Gasteiger partial charge in [0.2, 0.25) is 0 Å². The Morgan fingerprint density at radius 2 is 0.469 bits per heavy atom. The van der Waals surface area contributed by atoms with Crippen molar-refractivity contribution in [2.75, 3.05) is 0 Å². The molecule has 0 aliphatic carbocycles. The minimum atomic E-state index is -1.06. The van der Waals surface area contributed by atoms with Gasteiger partial charge in [0.1, 0.15) is 0 Å². The topological polar surface area (TPSA) is 120 Å². The van der Waals surface area contributed by atoms with Gasteiger partial charge in [0.15, 0.2) is 0 Å². The Bertz CT molecular complexity index is 1390. The third-order valence-corrected chi connectivity index (χ3v) is 12.1. The monoisotopic (exact) mass is 895 g/mol. The van der Waals surface area contributed by atoms with Crippen molar-refractivity contribution in [3.63, 3.8) is 0 Å². The van der Waals surface area contributed by atoms with Gasteiger partial charge in [-0.1, -0.05) is 267 Å². The van der Waals surface area contributed by atoms with Crippen LogP contribution in [0.2, 0.25) is 0 Å². The Morgan fingerprint density at radius 1 is 0.297 bits per heavy atom. The summed E-state index contributed by atoms with van der Waals surface area (Å²) >= 11 is 0. The fraction of sp³-hybridized carbons (Fsp3) is 0.632. The number of rotatable bonds is 36. The first kappa shape index (κ1) is 60.6. The summed E-state index contributed by atoms with van der Waals surface area (Å²) in [6, 6.07) is 21.6. The molecule has 0 saturated carbocycles. The van der Waals surface area contributed by atoms with E-state index in [1.807, 2.05) is 36.4 Å². The first-order valence-electron chi connectivity index (χ1n) is 25.6. The van der Waals surface area contributed by atoms with Crippen LogP contribution in [0, 0.1) is 0 Å². The normalized spacial score (nSPS) is 10.5. The molecule has 0 heterocycles. The van der Waals surface area contributed by atoms with Crippen molar-refractivity contribution in [1.82, 2.24) is 0 Å². The van der Waals surface area contributed by atoms with Crippen molar-refractivity contribution in [1.29, 1.82) is 0 Å². The SMILES string of the molecule is CCCCCCCCCCCCc1ccccc1C(=O)[O-].CCCCCCCCCCCCc1ccccc1C(=O)[O-].CCCCCCCCCCCCc1ccccc1C(=O)[O-].[Al+3]. The number of hydrogen-bond acceptors (Lipinski definition) is 6. The standard InChI is InChI=1S/3C19H30O2.Al/c3*1-2-3-4-5-6-7-8-9-10-11-14-17-15-12-13-16-18(17)19(20)21;/h3*12-13,15-16H,2-11,14H2,1H3,(H,20,21);/q;;;+3/p-3. The van der Waals surface area contributed by atoms with Gasteiger partial charge in [0.05, 0.1) is 17.9 Å². The summed E-state index contributed by atoms with van der Waals surface area (Å²) in [5.41, 5.74) is 3.81. The van der Waals surface area contributed by atoms with Crippen LogP contribution in [0.1, 0.15) is 261 Å². The van der Waals surface area contributed by atoms with E-state index >= 15 is 0 Å². The number of carbonyl (C=O) groups is 3. The molecule has 0 unspecified atom stereocenters. The van der Waals surface area contributed by atoms with Gasteiger partial charge in [-0.2, -0.15) is 0 Å². The zero-order chi connectivity index (χ0) is 46.0. The number of benzene rings is 3. The van der Waals surface area contributed by atoms with Gasteiger partial charge in [0, 0.05) is 16.7 Å². The van der Waals surface area contributed by atoms with Crippen molar-refractivity contribution >= 4 is 35.3 Å². The predicted molar refractivity (Wildman–Crippen MR) is 265 cm³/mol. The molecule has 6 nitrogen and oxygen atoms in total. The molecule has 3 rings (SSSR count). The summed E-state index contributed by atoms with van der Waals surface area (Å²) in [6.07, 6.45) is 41.6. The van der Waals surface area contributed by atoms with E-state index in [1.54, 1.807) is 36.4 Å². The van der Waals surface area contributed by atoms with Crippen LogP contribution < -0.4 is 15.3 Å². The quantitative estimate of drug-likeness (QED) is 0.0423. The van der Waals surface area contributed by atoms with Gasteiger partial charge < -0.3 is 29.7 Å². The Hall–Kier alpha value is -3.40. The molecule has 3 aromatic rings. The minimum absolute atomic E-state index is 0. The first-order valence-corrected chi connectivity index (χ1v) is 25.6. The van der Waals surface area contributed by atoms with Gasteiger partial charge in [-0.05, 0) is 55.2 Å². The van der Waals surface area contributed by atoms with E-state index in [0.29, 0.717) is 16.7 Å². The smallest absolute Gasteiger partial charge is 0.545 e. The Balaban J connectivity index is 0.000000923. The number of unbranched alkanes of at least 4 members (excludes halogenated alkanes) is 27. The number of aryl methyl sites for hydroxylation is 3. The second-order valence-electron chi connectivity index (χ2n) is 17.6. The molecule has 7 heteroatoms. The third-order valence-electron chi connectivity index (χ3n) is 12.1. The second kappa shape index (κ2) is 43.5. The molecule has 3 aromatic carbocycles. The molecule has 0 spiro atoms. The Morgan fingerprint density at radius 3 is 0.656 bits per heavy atom. The number of aromatic carboxylic acids is 3. The van der Waals surface area contributed by atoms with Crippen LogP contribution >= 0.6 is 0 Å². The predicted octanol–water partition coefficient (Wildman–Crippen LogP) is 13.2. The molecule has 0 fully saturated rings. The van der Waals surface area contributed by atoms with Crippen molar-refractivity contribution in [2.45, 2.75) is 233 Å². The summed E-state index contributed by atoms with van der Waals surface area (Å²) in [5, 5.41) is 33.0. The molecule has 64 heavy (non-hydrogen) atoms. The number of hydrogen-bond donors (Lipinski definition) is 0. The maximum Gasteiger partial charge on any atom is 3.00 e. The van der Waals surface area contributed by atoms with Crippen molar-refractivity contribution < 1.29 is 29.7 Å². The third kappa shape index (κ3) is 32.3. The number of carbonyl (C=O) groups excluding carboxylic acids is 3. The Labute approximate surface area is 402 Å². The molecule has 0 aliphatic rings. The molecule has 354 valence electrons. The van der Waals surface area contributed by atoms with E-state index in [9.17, 15) is 29.7 Å². The summed E-state index contributed by atoms with van der Waals surface area (Å²) in [6.45, 7) is 6.75. The van der Waals surface area contributed by atoms with Gasteiger partial charge in [-0.3, -0.25) is 0 Å². The average Bonchev–Trinajstić information content (AvgIpc) is 3.29. The second-order valence-corrected chi connectivity index (χ2v) is 17.6. The maximum atomic E-state index is 11.0. The van der Waals surface area contributed by atoms with Gasteiger partial charge in [-0.25, -0.2) is 0 Å². The largest absolute Gasteiger partial charge is 3.00 e. The zero-order valence-corrected chi connectivity index (χ0v) is 41.9. The van der Waals surface area contributed by atoms with Crippen LogP contribution in [0.5, 0.6) is 0 Å². The maximum absolute atomic E-state index is 11.0. The summed E-state index contributed by atoms with van der Waals surface area (Å²) < 4.78 is 0. The van der Waals surface area contributed by atoms with Crippen molar-refractivity contribution in [3.8, 4) is 0 Å². The minimum Gasteiger partial charge on any atom is -0.545 e. The van der Waals surface area contributed by atoms with Gasteiger partial charge >= 0.3 is 17.4 Å². The van der Waals surface area contributed by atoms with Crippen LogP contribution in [-0.4, -0.2) is 35.3 Å². The van der Waals surface area contributed by atoms with Crippen LogP contribution in [0.15, 0.2) is 72.8 Å². The first-order chi connectivity index (χ1) is 30.8. The average molecular weight is 895 g/mol. The van der Waals surface area contributed by atoms with E-state index in [0.717, 1.165) is 55.2 Å². The van der Waals surface area contributed by atoms with Gasteiger partial charge in [-0.15, -0.1) is 0 Å². The van der Waals surface area contributed by atoms with Crippen molar-refractivity contribution in [3.05, 3.63) is 106 Å². The Kier molecular flexibility index (Phi) is 41.2. The van der Waals surface area contributed by atoms with Gasteiger partial charge in [0.25, 0.3) is 0 Å². The van der Waals surface area contributed by atoms with E-state index < -0.39 is 17.9 Å². The van der Waals surface area contributed by atoms with E-state index in [-0.39, 0.29) is 17.4 Å². The van der Waals surface area contributed by atoms with E-state index in [4.69, 9.17) is 0 Å². The molecule has 0 N–H and O–H groups in total. The van der Waals surface area contributed by atoms with Crippen LogP contribution in [0.4, 0.5) is 0 Å². The van der Waals surface area contributed by atoms with Crippen molar-refractivity contribution in [2.24, 2.45) is 0 Å². The fourth-order valence-electron chi connectivity index (χ4n) is 8.22. The van der Waals surface area contributed by atoms with Crippen LogP contribution in [0.3, 0.4) is 0 Å². The molecule has 0 saturated heterocycles. The number of carboxylic acids is 3. The van der Waals surface area contributed by atoms with Crippen LogP contribution in [-0.2, 0) is 19.3 Å². The summed E-state index contributed by atoms with van der Waals surface area (Å²) in [7, 11) is 0. The fourth-order valence-corrected chi connectivity index (χ4v) is 8.22. The molecular formula is C57H87AlO6. The molecular weight excluding hydrogens is 808 g/mol. The molecule has 0 aliphatic heterocycles.